The molecule has 1 aliphatic heterocycles. The van der Waals surface area contributed by atoms with Crippen LogP contribution in [0.15, 0.2) is 30.3 Å². The van der Waals surface area contributed by atoms with Crippen LogP contribution in [0, 0.1) is 5.92 Å². The van der Waals surface area contributed by atoms with Gasteiger partial charge in [0, 0.05) is 44.7 Å². The Morgan fingerprint density at radius 1 is 1.24 bits per heavy atom. The van der Waals surface area contributed by atoms with Crippen LogP contribution in [0.1, 0.15) is 44.6 Å². The van der Waals surface area contributed by atoms with Gasteiger partial charge in [-0.1, -0.05) is 44.2 Å². The van der Waals surface area contributed by atoms with Gasteiger partial charge in [0.05, 0.1) is 0 Å². The largest absolute Gasteiger partial charge is 0.396 e. The molecule has 0 aliphatic carbocycles. The van der Waals surface area contributed by atoms with Gasteiger partial charge in [0.25, 0.3) is 0 Å². The number of amides is 2. The monoisotopic (exact) mass is 347 g/mol. The number of hydrogen-bond donors (Lipinski definition) is 3. The van der Waals surface area contributed by atoms with Gasteiger partial charge in [-0.05, 0) is 30.7 Å². The van der Waals surface area contributed by atoms with E-state index in [1.807, 2.05) is 30.3 Å². The maximum absolute atomic E-state index is 12.2. The average molecular weight is 348 g/mol. The highest BCUT2D eigenvalue weighted by atomic mass is 16.3. The maximum Gasteiger partial charge on any atom is 0.315 e. The zero-order valence-corrected chi connectivity index (χ0v) is 15.6. The summed E-state index contributed by atoms with van der Waals surface area (Å²) in [5.41, 5.74) is 1.15. The van der Waals surface area contributed by atoms with Crippen LogP contribution in [0.5, 0.6) is 0 Å². The first kappa shape index (κ1) is 19.7. The molecular weight excluding hydrogens is 314 g/mol. The molecule has 3 N–H and O–H groups in total. The number of nitrogens with zero attached hydrogens (tertiary/aromatic N) is 1. The van der Waals surface area contributed by atoms with Crippen molar-refractivity contribution in [3.05, 3.63) is 35.9 Å². The second-order valence-corrected chi connectivity index (χ2v) is 7.44. The molecule has 2 amide bonds. The molecule has 1 fully saturated rings. The molecule has 1 aromatic carbocycles. The van der Waals surface area contributed by atoms with Crippen molar-refractivity contribution in [2.24, 2.45) is 5.92 Å². The number of urea groups is 1. The molecule has 1 aliphatic rings. The molecule has 5 nitrogen and oxygen atoms in total. The Hall–Kier alpha value is -1.59. The Balaban J connectivity index is 1.73. The first-order chi connectivity index (χ1) is 12.1. The van der Waals surface area contributed by atoms with Crippen molar-refractivity contribution in [3.63, 3.8) is 0 Å². The molecule has 140 valence electrons. The molecule has 1 aromatic rings. The fourth-order valence-electron chi connectivity index (χ4n) is 3.50. The van der Waals surface area contributed by atoms with Gasteiger partial charge in [0.1, 0.15) is 0 Å². The molecule has 0 spiro atoms. The third kappa shape index (κ3) is 7.04. The number of hydrogen-bond acceptors (Lipinski definition) is 3. The van der Waals surface area contributed by atoms with Crippen LogP contribution in [-0.4, -0.2) is 54.9 Å². The number of aliphatic hydroxyl groups excluding tert-OH is 1. The fourth-order valence-corrected chi connectivity index (χ4v) is 3.50. The normalized spacial score (nSPS) is 17.4. The Morgan fingerprint density at radius 2 is 1.92 bits per heavy atom. The van der Waals surface area contributed by atoms with E-state index in [0.29, 0.717) is 18.9 Å². The lowest BCUT2D eigenvalue weighted by molar-refractivity contribution is 0.177. The number of rotatable bonds is 8. The lowest BCUT2D eigenvalue weighted by atomic mass is 9.96. The molecule has 1 atom stereocenters. The van der Waals surface area contributed by atoms with E-state index >= 15 is 0 Å². The first-order valence-corrected chi connectivity index (χ1v) is 9.51. The van der Waals surface area contributed by atoms with Gasteiger partial charge in [-0.3, -0.25) is 0 Å². The van der Waals surface area contributed by atoms with Crippen LogP contribution < -0.4 is 10.6 Å². The van der Waals surface area contributed by atoms with Crippen molar-refractivity contribution in [2.75, 3.05) is 32.8 Å². The highest BCUT2D eigenvalue weighted by molar-refractivity contribution is 5.74. The van der Waals surface area contributed by atoms with Crippen molar-refractivity contribution in [1.82, 2.24) is 15.5 Å². The number of carbonyl (C=O) groups is 1. The van der Waals surface area contributed by atoms with Crippen LogP contribution in [0.4, 0.5) is 4.79 Å². The van der Waals surface area contributed by atoms with Crippen LogP contribution in [0.2, 0.25) is 0 Å². The molecule has 5 heteroatoms. The molecule has 0 saturated carbocycles. The van der Waals surface area contributed by atoms with Gasteiger partial charge in [-0.25, -0.2) is 4.79 Å². The van der Waals surface area contributed by atoms with Crippen molar-refractivity contribution in [1.29, 1.82) is 0 Å². The maximum atomic E-state index is 12.2. The highest BCUT2D eigenvalue weighted by Gasteiger charge is 2.21. The van der Waals surface area contributed by atoms with Crippen LogP contribution in [0.3, 0.4) is 0 Å². The number of likely N-dealkylation sites (tertiary alicyclic amines) is 1. The molecule has 0 aromatic heterocycles. The molecule has 1 saturated heterocycles. The Morgan fingerprint density at radius 3 is 2.52 bits per heavy atom. The van der Waals surface area contributed by atoms with E-state index < -0.39 is 0 Å². The SMILES string of the molecule is CC(C)CN1CCC(NC(=O)NCC(CCO)c2ccccc2)CC1. The summed E-state index contributed by atoms with van der Waals surface area (Å²) in [6.07, 6.45) is 2.68. The first-order valence-electron chi connectivity index (χ1n) is 9.51. The molecular formula is C20H33N3O2. The number of carbonyl (C=O) groups excluding carboxylic acids is 1. The minimum Gasteiger partial charge on any atom is -0.396 e. The van der Waals surface area contributed by atoms with Crippen LogP contribution in [-0.2, 0) is 0 Å². The number of benzene rings is 1. The van der Waals surface area contributed by atoms with Crippen molar-refractivity contribution in [3.8, 4) is 0 Å². The molecule has 0 radical (unpaired) electrons. The van der Waals surface area contributed by atoms with Gasteiger partial charge < -0.3 is 20.6 Å². The lowest BCUT2D eigenvalue weighted by Crippen LogP contribution is -2.49. The number of piperidine rings is 1. The van der Waals surface area contributed by atoms with Gasteiger partial charge >= 0.3 is 6.03 Å². The van der Waals surface area contributed by atoms with Crippen molar-refractivity contribution >= 4 is 6.03 Å². The third-order valence-corrected chi connectivity index (χ3v) is 4.80. The molecule has 1 heterocycles. The topological polar surface area (TPSA) is 64.6 Å². The predicted molar refractivity (Wildman–Crippen MR) is 102 cm³/mol. The van der Waals surface area contributed by atoms with Crippen LogP contribution >= 0.6 is 0 Å². The van der Waals surface area contributed by atoms with E-state index in [2.05, 4.69) is 29.4 Å². The minimum absolute atomic E-state index is 0.0961. The molecule has 25 heavy (non-hydrogen) atoms. The Labute approximate surface area is 151 Å². The number of aliphatic hydroxyl groups is 1. The second-order valence-electron chi connectivity index (χ2n) is 7.44. The minimum atomic E-state index is -0.0961. The van der Waals surface area contributed by atoms with Crippen molar-refractivity contribution in [2.45, 2.75) is 45.1 Å². The summed E-state index contributed by atoms with van der Waals surface area (Å²) in [5.74, 6) is 0.832. The van der Waals surface area contributed by atoms with E-state index in [9.17, 15) is 9.90 Å². The zero-order chi connectivity index (χ0) is 18.1. The van der Waals surface area contributed by atoms with E-state index in [0.717, 1.165) is 38.0 Å². The predicted octanol–water partition coefficient (Wildman–Crippen LogP) is 2.57. The lowest BCUT2D eigenvalue weighted by Gasteiger charge is -2.33. The van der Waals surface area contributed by atoms with Crippen LogP contribution in [0.25, 0.3) is 0 Å². The quantitative estimate of drug-likeness (QED) is 0.677. The summed E-state index contributed by atoms with van der Waals surface area (Å²) in [7, 11) is 0. The summed E-state index contributed by atoms with van der Waals surface area (Å²) < 4.78 is 0. The molecule has 0 bridgehead atoms. The number of nitrogens with one attached hydrogen (secondary N) is 2. The standard InChI is InChI=1S/C20H33N3O2/c1-16(2)15-23-11-8-19(9-12-23)22-20(25)21-14-18(10-13-24)17-6-4-3-5-7-17/h3-7,16,18-19,24H,8-15H2,1-2H3,(H2,21,22,25). The third-order valence-electron chi connectivity index (χ3n) is 4.80. The molecule has 1 unspecified atom stereocenters. The van der Waals surface area contributed by atoms with E-state index in [-0.39, 0.29) is 24.6 Å². The van der Waals surface area contributed by atoms with Gasteiger partial charge in [0.15, 0.2) is 0 Å². The summed E-state index contributed by atoms with van der Waals surface area (Å²) >= 11 is 0. The second kappa shape index (κ2) is 10.4. The van der Waals surface area contributed by atoms with E-state index in [1.165, 1.54) is 0 Å². The summed E-state index contributed by atoms with van der Waals surface area (Å²) in [5, 5.41) is 15.4. The molecule has 2 rings (SSSR count). The Bertz CT molecular complexity index is 499. The van der Waals surface area contributed by atoms with Gasteiger partial charge in [-0.15, -0.1) is 0 Å². The van der Waals surface area contributed by atoms with Gasteiger partial charge in [-0.2, -0.15) is 0 Å². The summed E-state index contributed by atoms with van der Waals surface area (Å²) in [6.45, 7) is 8.40. The Kier molecular flexibility index (Phi) is 8.22. The zero-order valence-electron chi connectivity index (χ0n) is 15.6. The average Bonchev–Trinajstić information content (AvgIpc) is 2.60. The van der Waals surface area contributed by atoms with Crippen molar-refractivity contribution < 1.29 is 9.90 Å². The summed E-state index contributed by atoms with van der Waals surface area (Å²) in [6, 6.07) is 10.2. The van der Waals surface area contributed by atoms with Gasteiger partial charge in [0.2, 0.25) is 0 Å². The smallest absolute Gasteiger partial charge is 0.315 e. The van der Waals surface area contributed by atoms with E-state index in [4.69, 9.17) is 0 Å². The van der Waals surface area contributed by atoms with E-state index in [1.54, 1.807) is 0 Å². The summed E-state index contributed by atoms with van der Waals surface area (Å²) in [4.78, 5) is 14.7. The fraction of sp³-hybridized carbons (Fsp3) is 0.650. The highest BCUT2D eigenvalue weighted by Crippen LogP contribution is 2.18.